The van der Waals surface area contributed by atoms with Crippen molar-refractivity contribution in [2.24, 2.45) is 10.8 Å². The molecule has 1 aromatic carbocycles. The summed E-state index contributed by atoms with van der Waals surface area (Å²) in [5.74, 6) is -0.740. The van der Waals surface area contributed by atoms with Crippen molar-refractivity contribution in [3.63, 3.8) is 0 Å². The molecule has 4 N–H and O–H groups in total. The van der Waals surface area contributed by atoms with E-state index >= 15 is 0 Å². The third-order valence-electron chi connectivity index (χ3n) is 7.27. The van der Waals surface area contributed by atoms with E-state index in [4.69, 9.17) is 4.74 Å². The number of rotatable bonds is 19. The Morgan fingerprint density at radius 3 is 2.02 bits per heavy atom. The average molecular weight is 668 g/mol. The molecule has 10 heteroatoms. The van der Waals surface area contributed by atoms with Crippen molar-refractivity contribution in [1.82, 2.24) is 16.0 Å². The zero-order valence-electron chi connectivity index (χ0n) is 27.9. The number of hydrogen-bond donors (Lipinski definition) is 4. The lowest BCUT2D eigenvalue weighted by atomic mass is 9.92. The highest BCUT2D eigenvalue weighted by molar-refractivity contribution is 9.10. The predicted molar refractivity (Wildman–Crippen MR) is 177 cm³/mol. The normalized spacial score (nSPS) is 12.4. The van der Waals surface area contributed by atoms with Crippen molar-refractivity contribution in [3.8, 4) is 0 Å². The second kappa shape index (κ2) is 18.4. The molecule has 4 amide bonds. The van der Waals surface area contributed by atoms with E-state index < -0.39 is 6.04 Å². The van der Waals surface area contributed by atoms with Crippen LogP contribution < -0.4 is 21.3 Å². The average Bonchev–Trinajstić information content (AvgIpc) is 2.93. The second-order valence-electron chi connectivity index (χ2n) is 13.2. The van der Waals surface area contributed by atoms with E-state index in [-0.39, 0.29) is 53.7 Å². The lowest BCUT2D eigenvalue weighted by Crippen LogP contribution is -2.49. The summed E-state index contributed by atoms with van der Waals surface area (Å²) >= 11 is 3.57. The molecule has 0 aromatic heterocycles. The molecular weight excluding hydrogens is 612 g/mol. The van der Waals surface area contributed by atoms with Crippen LogP contribution in [0.25, 0.3) is 0 Å². The lowest BCUT2D eigenvalue weighted by Gasteiger charge is -2.30. The molecule has 0 saturated heterocycles. The van der Waals surface area contributed by atoms with Gasteiger partial charge in [-0.05, 0) is 50.3 Å². The maximum Gasteiger partial charge on any atom is 0.242 e. The van der Waals surface area contributed by atoms with Gasteiger partial charge in [0.2, 0.25) is 23.6 Å². The van der Waals surface area contributed by atoms with Crippen molar-refractivity contribution in [1.29, 1.82) is 0 Å². The molecule has 0 spiro atoms. The molecule has 1 aromatic rings. The molecule has 0 heterocycles. The van der Waals surface area contributed by atoms with Crippen molar-refractivity contribution in [2.45, 2.75) is 113 Å². The van der Waals surface area contributed by atoms with Gasteiger partial charge in [0.15, 0.2) is 0 Å². The summed E-state index contributed by atoms with van der Waals surface area (Å²) in [5.41, 5.74) is 3.13. The lowest BCUT2D eigenvalue weighted by molar-refractivity contribution is -0.129. The molecule has 0 unspecified atom stereocenters. The number of nitrogens with one attached hydrogen (secondary N) is 4. The largest absolute Gasteiger partial charge is 0.380 e. The van der Waals surface area contributed by atoms with E-state index in [0.717, 1.165) is 46.1 Å². The molecule has 1 rings (SSSR count). The first kappa shape index (κ1) is 38.6. The van der Waals surface area contributed by atoms with Gasteiger partial charge in [0, 0.05) is 53.3 Å². The Bertz CT molecular complexity index is 1100. The monoisotopic (exact) mass is 666 g/mol. The molecule has 0 saturated carbocycles. The molecule has 0 radical (unpaired) electrons. The Morgan fingerprint density at radius 2 is 1.44 bits per heavy atom. The second-order valence-corrected chi connectivity index (χ2v) is 14.0. The highest BCUT2D eigenvalue weighted by atomic mass is 79.9. The van der Waals surface area contributed by atoms with Gasteiger partial charge in [0.25, 0.3) is 0 Å². The fourth-order valence-corrected chi connectivity index (χ4v) is 4.83. The van der Waals surface area contributed by atoms with E-state index in [0.29, 0.717) is 32.7 Å². The van der Waals surface area contributed by atoms with Crippen molar-refractivity contribution >= 4 is 45.2 Å². The van der Waals surface area contributed by atoms with Crippen LogP contribution in [0.4, 0.5) is 5.69 Å². The van der Waals surface area contributed by atoms with E-state index in [2.05, 4.69) is 44.1 Å². The number of unbranched alkanes of at least 4 members (excludes halogenated alkanes) is 2. The highest BCUT2D eigenvalue weighted by Crippen LogP contribution is 2.31. The summed E-state index contributed by atoms with van der Waals surface area (Å²) < 4.78 is 6.96. The Morgan fingerprint density at radius 1 is 0.837 bits per heavy atom. The van der Waals surface area contributed by atoms with Gasteiger partial charge < -0.3 is 26.0 Å². The van der Waals surface area contributed by atoms with Gasteiger partial charge in [-0.1, -0.05) is 76.4 Å². The first-order chi connectivity index (χ1) is 20.0. The van der Waals surface area contributed by atoms with Gasteiger partial charge in [0.05, 0.1) is 13.2 Å². The summed E-state index contributed by atoms with van der Waals surface area (Å²) in [6.07, 6.45) is 4.07. The van der Waals surface area contributed by atoms with E-state index in [1.807, 2.05) is 54.5 Å². The molecular formula is C33H55BrN4O5. The SMILES string of the molecule is CCCCCC(=O)NCC(C)(C)COCC(C)(C)CNC(=O)[C@@H](CCC(=O)Nc1c(C)cc(C)c(Br)c1C)NC(=O)CC. The minimum Gasteiger partial charge on any atom is -0.380 e. The zero-order chi connectivity index (χ0) is 32.8. The first-order valence-corrected chi connectivity index (χ1v) is 16.3. The van der Waals surface area contributed by atoms with Gasteiger partial charge in [-0.25, -0.2) is 0 Å². The number of ether oxygens (including phenoxy) is 1. The van der Waals surface area contributed by atoms with Crippen molar-refractivity contribution < 1.29 is 23.9 Å². The quantitative estimate of drug-likeness (QED) is 0.137. The molecule has 0 aliphatic rings. The molecule has 0 aliphatic heterocycles. The summed E-state index contributed by atoms with van der Waals surface area (Å²) in [5, 5.41) is 11.7. The number of carbonyl (C=O) groups excluding carboxylic acids is 4. The van der Waals surface area contributed by atoms with Crippen LogP contribution in [0.2, 0.25) is 0 Å². The van der Waals surface area contributed by atoms with E-state index in [9.17, 15) is 19.2 Å². The number of aryl methyl sites for hydroxylation is 2. The molecule has 1 atom stereocenters. The van der Waals surface area contributed by atoms with Gasteiger partial charge >= 0.3 is 0 Å². The minimum atomic E-state index is -0.832. The van der Waals surface area contributed by atoms with Crippen molar-refractivity contribution in [3.05, 3.63) is 27.2 Å². The molecule has 0 aliphatic carbocycles. The predicted octanol–water partition coefficient (Wildman–Crippen LogP) is 5.87. The Labute approximate surface area is 267 Å². The van der Waals surface area contributed by atoms with Crippen LogP contribution >= 0.6 is 15.9 Å². The third-order valence-corrected chi connectivity index (χ3v) is 8.49. The highest BCUT2D eigenvalue weighted by Gasteiger charge is 2.27. The van der Waals surface area contributed by atoms with Gasteiger partial charge in [-0.15, -0.1) is 0 Å². The first-order valence-electron chi connectivity index (χ1n) is 15.5. The Hall–Kier alpha value is -2.46. The van der Waals surface area contributed by atoms with Crippen LogP contribution in [0.1, 0.15) is 103 Å². The van der Waals surface area contributed by atoms with E-state index in [1.165, 1.54) is 0 Å². The van der Waals surface area contributed by atoms with Crippen LogP contribution in [-0.2, 0) is 23.9 Å². The number of anilines is 1. The summed E-state index contributed by atoms with van der Waals surface area (Å²) in [4.78, 5) is 50.2. The smallest absolute Gasteiger partial charge is 0.242 e. The van der Waals surface area contributed by atoms with Crippen LogP contribution in [0.15, 0.2) is 10.5 Å². The molecule has 0 bridgehead atoms. The number of hydrogen-bond acceptors (Lipinski definition) is 5. The van der Waals surface area contributed by atoms with Crippen LogP contribution in [-0.4, -0.2) is 56.0 Å². The maximum atomic E-state index is 13.1. The topological polar surface area (TPSA) is 126 Å². The third kappa shape index (κ3) is 14.7. The summed E-state index contributed by atoms with van der Waals surface area (Å²) in [7, 11) is 0. The maximum absolute atomic E-state index is 13.1. The molecule has 244 valence electrons. The van der Waals surface area contributed by atoms with E-state index in [1.54, 1.807) is 6.92 Å². The summed E-state index contributed by atoms with van der Waals surface area (Å²) in [6.45, 7) is 19.5. The number of benzene rings is 1. The molecule has 43 heavy (non-hydrogen) atoms. The van der Waals surface area contributed by atoms with Crippen molar-refractivity contribution in [2.75, 3.05) is 31.6 Å². The van der Waals surface area contributed by atoms with Crippen LogP contribution in [0, 0.1) is 31.6 Å². The van der Waals surface area contributed by atoms with Gasteiger partial charge in [-0.2, -0.15) is 0 Å². The molecule has 9 nitrogen and oxygen atoms in total. The van der Waals surface area contributed by atoms with Gasteiger partial charge in [0.1, 0.15) is 6.04 Å². The zero-order valence-corrected chi connectivity index (χ0v) is 29.4. The fourth-order valence-electron chi connectivity index (χ4n) is 4.51. The summed E-state index contributed by atoms with van der Waals surface area (Å²) in [6, 6.07) is 1.17. The fraction of sp³-hybridized carbons (Fsp3) is 0.697. The molecule has 0 fully saturated rings. The Kier molecular flexibility index (Phi) is 16.5. The number of halogens is 1. The number of amides is 4. The minimum absolute atomic E-state index is 0.0696. The Balaban J connectivity index is 2.64. The standard InChI is InChI=1S/C33H55BrN4O5/c1-10-12-13-14-27(40)35-18-32(6,7)20-43-21-33(8,9)19-36-31(42)25(37-26(39)11-2)15-16-28(41)38-30-23(4)17-22(3)29(34)24(30)5/h17,25H,10-16,18-21H2,1-9H3,(H,35,40)(H,36,42)(H,37,39)(H,38,41)/t25-/m1/s1. The van der Waals surface area contributed by atoms with Crippen LogP contribution in [0.5, 0.6) is 0 Å². The van der Waals surface area contributed by atoms with Gasteiger partial charge in [-0.3, -0.25) is 19.2 Å². The van der Waals surface area contributed by atoms with Crippen LogP contribution in [0.3, 0.4) is 0 Å². The number of carbonyl (C=O) groups is 4.